The first kappa shape index (κ1) is 25.0. The maximum atomic E-state index is 12.5. The van der Waals surface area contributed by atoms with Crippen molar-refractivity contribution in [1.29, 1.82) is 0 Å². The Labute approximate surface area is 217 Å². The molecule has 3 aromatic rings. The fraction of sp³-hybridized carbons (Fsp3) is 0.500. The Hall–Kier alpha value is -3.62. The summed E-state index contributed by atoms with van der Waals surface area (Å²) in [7, 11) is 1.77. The lowest BCUT2D eigenvalue weighted by molar-refractivity contribution is 0.0277. The summed E-state index contributed by atoms with van der Waals surface area (Å²) in [5, 5.41) is 15.9. The Morgan fingerprint density at radius 2 is 1.89 bits per heavy atom. The van der Waals surface area contributed by atoms with E-state index in [-0.39, 0.29) is 17.7 Å². The van der Waals surface area contributed by atoms with Gasteiger partial charge >= 0.3 is 12.1 Å². The van der Waals surface area contributed by atoms with Crippen molar-refractivity contribution >= 4 is 28.8 Å². The maximum Gasteiger partial charge on any atom is 0.410 e. The lowest BCUT2D eigenvalue weighted by Crippen LogP contribution is -2.37. The van der Waals surface area contributed by atoms with E-state index < -0.39 is 11.6 Å². The molecule has 0 spiro atoms. The number of aromatic carboxylic acids is 1. The third-order valence-corrected chi connectivity index (χ3v) is 7.22. The third kappa shape index (κ3) is 5.12. The molecule has 2 aromatic heterocycles. The van der Waals surface area contributed by atoms with Gasteiger partial charge in [-0.3, -0.25) is 0 Å². The number of amides is 1. The Balaban J connectivity index is 1.50. The van der Waals surface area contributed by atoms with Crippen LogP contribution in [0.25, 0.3) is 16.7 Å². The number of benzene rings is 1. The van der Waals surface area contributed by atoms with Gasteiger partial charge in [0, 0.05) is 32.6 Å². The Morgan fingerprint density at radius 1 is 1.16 bits per heavy atom. The highest BCUT2D eigenvalue weighted by molar-refractivity contribution is 5.98. The molecule has 0 radical (unpaired) electrons. The molecule has 9 heteroatoms. The van der Waals surface area contributed by atoms with Gasteiger partial charge in [-0.15, -0.1) is 0 Å². The molecule has 37 heavy (non-hydrogen) atoms. The van der Waals surface area contributed by atoms with Crippen LogP contribution in [0.2, 0.25) is 0 Å². The average molecular weight is 506 g/mol. The normalized spacial score (nSPS) is 18.2. The molecule has 1 aromatic carbocycles. The number of aromatic nitrogens is 3. The predicted octanol–water partition coefficient (Wildman–Crippen LogP) is 5.08. The molecule has 5 rings (SSSR count). The monoisotopic (exact) mass is 505 g/mol. The molecule has 1 aliphatic carbocycles. The van der Waals surface area contributed by atoms with E-state index in [2.05, 4.69) is 9.88 Å². The molecule has 3 heterocycles. The number of hydrogen-bond donors (Lipinski definition) is 1. The molecule has 2 fully saturated rings. The quantitative estimate of drug-likeness (QED) is 0.499. The van der Waals surface area contributed by atoms with Gasteiger partial charge in [-0.1, -0.05) is 24.6 Å². The molecule has 1 amide bonds. The smallest absolute Gasteiger partial charge is 0.410 e. The number of carboxylic acid groups (broad SMARTS) is 1. The van der Waals surface area contributed by atoms with Gasteiger partial charge in [0.05, 0.1) is 22.5 Å². The summed E-state index contributed by atoms with van der Waals surface area (Å²) >= 11 is 0. The lowest BCUT2D eigenvalue weighted by Gasteiger charge is -2.27. The summed E-state index contributed by atoms with van der Waals surface area (Å²) < 4.78 is 7.31. The van der Waals surface area contributed by atoms with Crippen LogP contribution in [0.3, 0.4) is 0 Å². The van der Waals surface area contributed by atoms with Crippen LogP contribution in [0.5, 0.6) is 0 Å². The molecular formula is C28H35N5O4. The highest BCUT2D eigenvalue weighted by atomic mass is 16.6. The Kier molecular flexibility index (Phi) is 6.56. The second-order valence-electron chi connectivity index (χ2n) is 11.3. The van der Waals surface area contributed by atoms with E-state index in [1.165, 1.54) is 6.42 Å². The summed E-state index contributed by atoms with van der Waals surface area (Å²) in [5.41, 5.74) is 2.77. The summed E-state index contributed by atoms with van der Waals surface area (Å²) in [4.78, 5) is 33.0. The predicted molar refractivity (Wildman–Crippen MR) is 142 cm³/mol. The van der Waals surface area contributed by atoms with E-state index in [0.29, 0.717) is 24.7 Å². The molecule has 9 nitrogen and oxygen atoms in total. The zero-order chi connectivity index (χ0) is 26.3. The highest BCUT2D eigenvalue weighted by Crippen LogP contribution is 2.43. The highest BCUT2D eigenvalue weighted by Gasteiger charge is 2.33. The first-order chi connectivity index (χ1) is 17.6. The number of nitrogens with zero attached hydrogens (tertiary/aromatic N) is 5. The van der Waals surface area contributed by atoms with Crippen LogP contribution in [-0.4, -0.2) is 69.1 Å². The molecule has 1 aliphatic heterocycles. The van der Waals surface area contributed by atoms with Crippen molar-refractivity contribution in [2.75, 3.05) is 31.6 Å². The zero-order valence-corrected chi connectivity index (χ0v) is 22.0. The molecule has 1 N–H and O–H groups in total. The standard InChI is InChI=1S/C28H35N5O4/c1-28(2,3)37-27(36)31(4)16-18-13-14-32(17-18)22-15-21(26(34)35)29-25-23(22)24(19-9-8-10-19)30-33(25)20-11-6-5-7-12-20/h5-7,11-12,15,18-19H,8-10,13-14,16-17H2,1-4H3,(H,34,35)/t18-/m1/s1. The SMILES string of the molecule is CN(C[C@H]1CCN(c2cc(C(=O)O)nc3c2c(C2CCC2)nn3-c2ccccc2)C1)C(=O)OC(C)(C)C. The van der Waals surface area contributed by atoms with Gasteiger partial charge in [-0.05, 0) is 64.2 Å². The maximum absolute atomic E-state index is 12.5. The van der Waals surface area contributed by atoms with Crippen molar-refractivity contribution in [1.82, 2.24) is 19.7 Å². The molecule has 2 aliphatic rings. The van der Waals surface area contributed by atoms with E-state index in [0.717, 1.165) is 48.3 Å². The second-order valence-corrected chi connectivity index (χ2v) is 11.3. The minimum Gasteiger partial charge on any atom is -0.477 e. The van der Waals surface area contributed by atoms with Crippen LogP contribution in [0.4, 0.5) is 10.5 Å². The van der Waals surface area contributed by atoms with Crippen LogP contribution < -0.4 is 4.90 Å². The van der Waals surface area contributed by atoms with Crippen LogP contribution in [0.1, 0.15) is 68.6 Å². The topological polar surface area (TPSA) is 101 Å². The number of anilines is 1. The van der Waals surface area contributed by atoms with Crippen LogP contribution in [0.15, 0.2) is 36.4 Å². The molecule has 0 unspecified atom stereocenters. The number of carboxylic acids is 1. The first-order valence-electron chi connectivity index (χ1n) is 13.0. The van der Waals surface area contributed by atoms with Crippen molar-refractivity contribution in [3.63, 3.8) is 0 Å². The van der Waals surface area contributed by atoms with Crippen LogP contribution in [0, 0.1) is 5.92 Å². The van der Waals surface area contributed by atoms with Crippen LogP contribution in [-0.2, 0) is 4.74 Å². The summed E-state index contributed by atoms with van der Waals surface area (Å²) in [6, 6.07) is 11.5. The Morgan fingerprint density at radius 3 is 2.51 bits per heavy atom. The number of fused-ring (bicyclic) bond motifs is 1. The van der Waals surface area contributed by atoms with Gasteiger partial charge in [0.2, 0.25) is 0 Å². The number of rotatable bonds is 6. The first-order valence-corrected chi connectivity index (χ1v) is 13.0. The molecule has 196 valence electrons. The number of para-hydroxylation sites is 1. The molecule has 1 atom stereocenters. The van der Waals surface area contributed by atoms with Crippen molar-refractivity contribution in [2.24, 2.45) is 5.92 Å². The van der Waals surface area contributed by atoms with Crippen molar-refractivity contribution < 1.29 is 19.4 Å². The van der Waals surface area contributed by atoms with E-state index in [1.807, 2.05) is 51.1 Å². The van der Waals surface area contributed by atoms with Crippen LogP contribution >= 0.6 is 0 Å². The van der Waals surface area contributed by atoms with Gasteiger partial charge < -0.3 is 19.6 Å². The number of hydrogen-bond acceptors (Lipinski definition) is 6. The average Bonchev–Trinajstić information content (AvgIpc) is 3.42. The largest absolute Gasteiger partial charge is 0.477 e. The molecular weight excluding hydrogens is 470 g/mol. The number of carbonyl (C=O) groups is 2. The van der Waals surface area contributed by atoms with Crippen molar-refractivity contribution in [3.05, 3.63) is 47.8 Å². The Bertz CT molecular complexity index is 1310. The van der Waals surface area contributed by atoms with Gasteiger partial charge in [-0.2, -0.15) is 5.10 Å². The molecule has 1 saturated carbocycles. The van der Waals surface area contributed by atoms with E-state index in [4.69, 9.17) is 9.84 Å². The fourth-order valence-electron chi connectivity index (χ4n) is 5.20. The van der Waals surface area contributed by atoms with Gasteiger partial charge in [0.1, 0.15) is 5.60 Å². The van der Waals surface area contributed by atoms with Crippen molar-refractivity contribution in [2.45, 2.75) is 58.0 Å². The van der Waals surface area contributed by atoms with Gasteiger partial charge in [-0.25, -0.2) is 19.3 Å². The number of ether oxygens (including phenoxy) is 1. The number of pyridine rings is 1. The van der Waals surface area contributed by atoms with Crippen molar-refractivity contribution in [3.8, 4) is 5.69 Å². The lowest BCUT2D eigenvalue weighted by atomic mass is 9.82. The molecule has 0 bridgehead atoms. The van der Waals surface area contributed by atoms with Gasteiger partial charge in [0.15, 0.2) is 11.3 Å². The van der Waals surface area contributed by atoms with E-state index in [1.54, 1.807) is 22.7 Å². The number of carbonyl (C=O) groups excluding carboxylic acids is 1. The van der Waals surface area contributed by atoms with E-state index in [9.17, 15) is 14.7 Å². The molecule has 1 saturated heterocycles. The second kappa shape index (κ2) is 9.68. The summed E-state index contributed by atoms with van der Waals surface area (Å²) in [5.74, 6) is -0.472. The summed E-state index contributed by atoms with van der Waals surface area (Å²) in [6.45, 7) is 7.64. The third-order valence-electron chi connectivity index (χ3n) is 7.22. The fourth-order valence-corrected chi connectivity index (χ4v) is 5.20. The van der Waals surface area contributed by atoms with E-state index >= 15 is 0 Å². The zero-order valence-electron chi connectivity index (χ0n) is 22.0. The minimum absolute atomic E-state index is 0.00839. The minimum atomic E-state index is -1.06. The van der Waals surface area contributed by atoms with Gasteiger partial charge in [0.25, 0.3) is 0 Å². The summed E-state index contributed by atoms with van der Waals surface area (Å²) in [6.07, 6.45) is 3.88.